The second-order valence-corrected chi connectivity index (χ2v) is 9.93. The highest BCUT2D eigenvalue weighted by atomic mass is 16.6. The van der Waals surface area contributed by atoms with Crippen molar-refractivity contribution in [1.82, 2.24) is 4.90 Å². The summed E-state index contributed by atoms with van der Waals surface area (Å²) in [6.07, 6.45) is 3.85. The van der Waals surface area contributed by atoms with Gasteiger partial charge in [-0.3, -0.25) is 9.59 Å². The number of hydrogen-bond donors (Lipinski definition) is 1. The molecule has 0 aliphatic carbocycles. The zero-order valence-corrected chi connectivity index (χ0v) is 20.9. The van der Waals surface area contributed by atoms with E-state index in [0.29, 0.717) is 25.7 Å². The lowest BCUT2D eigenvalue weighted by atomic mass is 9.92. The Bertz CT molecular complexity index is 858. The van der Waals surface area contributed by atoms with E-state index in [1.54, 1.807) is 13.8 Å². The lowest BCUT2D eigenvalue weighted by Crippen LogP contribution is -2.62. The van der Waals surface area contributed by atoms with Gasteiger partial charge >= 0.3 is 11.8 Å². The number of benzene rings is 1. The number of carbonyl (C=O) groups is 3. The molecule has 1 aromatic rings. The molecule has 0 radical (unpaired) electrons. The van der Waals surface area contributed by atoms with Gasteiger partial charge in [0, 0.05) is 12.5 Å². The van der Waals surface area contributed by atoms with E-state index in [2.05, 4.69) is 19.1 Å². The van der Waals surface area contributed by atoms with Gasteiger partial charge in [0.05, 0.1) is 6.10 Å². The van der Waals surface area contributed by atoms with Crippen LogP contribution >= 0.6 is 0 Å². The van der Waals surface area contributed by atoms with Gasteiger partial charge in [-0.15, -0.1) is 0 Å². The maximum Gasteiger partial charge on any atom is 0.329 e. The Hall–Kier alpha value is -2.25. The van der Waals surface area contributed by atoms with Crippen molar-refractivity contribution < 1.29 is 29.0 Å². The molecule has 2 fully saturated rings. The molecule has 7 nitrogen and oxygen atoms in total. The molecule has 34 heavy (non-hydrogen) atoms. The van der Waals surface area contributed by atoms with Crippen molar-refractivity contribution in [2.75, 3.05) is 6.54 Å². The summed E-state index contributed by atoms with van der Waals surface area (Å²) < 4.78 is 11.5. The average molecular weight is 474 g/mol. The smallest absolute Gasteiger partial charge is 0.329 e. The number of amides is 1. The molecular weight excluding hydrogens is 434 g/mol. The van der Waals surface area contributed by atoms with E-state index in [1.807, 2.05) is 25.1 Å². The van der Waals surface area contributed by atoms with Crippen LogP contribution in [0.1, 0.15) is 71.8 Å². The summed E-state index contributed by atoms with van der Waals surface area (Å²) in [5.74, 6) is -4.90. The van der Waals surface area contributed by atoms with E-state index in [0.717, 1.165) is 19.3 Å². The second kappa shape index (κ2) is 11.5. The molecule has 1 aromatic carbocycles. The summed E-state index contributed by atoms with van der Waals surface area (Å²) in [5.41, 5.74) is 1.18. The maximum absolute atomic E-state index is 13.5. The van der Waals surface area contributed by atoms with Crippen LogP contribution in [0.3, 0.4) is 0 Å². The molecule has 7 heteroatoms. The predicted molar refractivity (Wildman–Crippen MR) is 128 cm³/mol. The summed E-state index contributed by atoms with van der Waals surface area (Å²) >= 11 is 0. The van der Waals surface area contributed by atoms with E-state index < -0.39 is 41.5 Å². The summed E-state index contributed by atoms with van der Waals surface area (Å²) in [6.45, 7) is 7.67. The number of ether oxygens (including phenoxy) is 2. The highest BCUT2D eigenvalue weighted by Gasteiger charge is 2.54. The number of rotatable bonds is 7. The number of aliphatic hydroxyl groups is 1. The van der Waals surface area contributed by atoms with Crippen LogP contribution in [0.15, 0.2) is 30.3 Å². The van der Waals surface area contributed by atoms with Gasteiger partial charge in [-0.2, -0.15) is 0 Å². The first-order chi connectivity index (χ1) is 16.2. The Kier molecular flexibility index (Phi) is 8.88. The number of Topliss-reactive ketones (excluding diaryl/α,β-unsaturated/α-hetero) is 1. The number of likely N-dealkylation sites (tertiary alicyclic amines) is 1. The summed E-state index contributed by atoms with van der Waals surface area (Å²) in [7, 11) is 0. The lowest BCUT2D eigenvalue weighted by Gasteiger charge is -2.39. The number of nitrogens with zero attached hydrogens (tertiary/aromatic N) is 1. The number of piperidine rings is 1. The molecule has 1 amide bonds. The molecule has 0 saturated carbocycles. The fourth-order valence-corrected chi connectivity index (χ4v) is 5.05. The molecule has 3 rings (SSSR count). The SMILES string of the molecule is CC[C@H](Cc1ccccc1)[C@H](C)OC(=O)[C@@H]1CCCCN1C(=O)C1(O)OC(C)CC[C@@H](C)C1=O. The highest BCUT2D eigenvalue weighted by Crippen LogP contribution is 2.31. The molecule has 0 bridgehead atoms. The standard InChI is InChI=1S/C27H39NO6/c1-5-22(17-21-11-7-6-8-12-21)20(4)33-25(30)23-13-9-10-16-28(23)26(31)27(32)24(29)18(2)14-15-19(3)34-27/h6-8,11-12,18-20,22-23,32H,5,9-10,13-17H2,1-4H3/t18-,19?,20+,22-,23+,27?/m1/s1. The average Bonchev–Trinajstić information content (AvgIpc) is 2.94. The fraction of sp³-hybridized carbons (Fsp3) is 0.667. The Morgan fingerprint density at radius 1 is 1.18 bits per heavy atom. The van der Waals surface area contributed by atoms with Gasteiger partial charge in [0.2, 0.25) is 5.78 Å². The minimum absolute atomic E-state index is 0.136. The van der Waals surface area contributed by atoms with Gasteiger partial charge in [0.25, 0.3) is 5.91 Å². The molecule has 0 aromatic heterocycles. The molecule has 0 spiro atoms. The zero-order chi connectivity index (χ0) is 24.9. The van der Waals surface area contributed by atoms with Crippen LogP contribution in [0.2, 0.25) is 0 Å². The Labute approximate surface area is 202 Å². The minimum atomic E-state index is -2.56. The Balaban J connectivity index is 1.73. The van der Waals surface area contributed by atoms with Gasteiger partial charge in [-0.25, -0.2) is 4.79 Å². The van der Waals surface area contributed by atoms with Crippen LogP contribution in [0, 0.1) is 11.8 Å². The topological polar surface area (TPSA) is 93.1 Å². The molecular formula is C27H39NO6. The minimum Gasteiger partial charge on any atom is -0.461 e. The Morgan fingerprint density at radius 3 is 2.56 bits per heavy atom. The second-order valence-electron chi connectivity index (χ2n) is 9.93. The number of hydrogen-bond acceptors (Lipinski definition) is 6. The van der Waals surface area contributed by atoms with E-state index >= 15 is 0 Å². The van der Waals surface area contributed by atoms with Crippen LogP contribution < -0.4 is 0 Å². The van der Waals surface area contributed by atoms with Gasteiger partial charge in [0.15, 0.2) is 0 Å². The largest absolute Gasteiger partial charge is 0.461 e. The summed E-state index contributed by atoms with van der Waals surface area (Å²) in [6, 6.07) is 9.24. The highest BCUT2D eigenvalue weighted by molar-refractivity contribution is 6.09. The number of ketones is 1. The predicted octanol–water partition coefficient (Wildman–Crippen LogP) is 3.66. The van der Waals surface area contributed by atoms with Crippen molar-refractivity contribution in [3.8, 4) is 0 Å². The summed E-state index contributed by atoms with van der Waals surface area (Å²) in [5, 5.41) is 11.1. The van der Waals surface area contributed by atoms with E-state index in [9.17, 15) is 19.5 Å². The van der Waals surface area contributed by atoms with Crippen molar-refractivity contribution in [2.45, 2.75) is 96.7 Å². The normalized spacial score (nSPS) is 29.7. The van der Waals surface area contributed by atoms with Crippen molar-refractivity contribution >= 4 is 17.7 Å². The number of carbonyl (C=O) groups excluding carboxylic acids is 3. The van der Waals surface area contributed by atoms with Crippen molar-refractivity contribution in [1.29, 1.82) is 0 Å². The van der Waals surface area contributed by atoms with Gasteiger partial charge < -0.3 is 19.5 Å². The monoisotopic (exact) mass is 473 g/mol. The zero-order valence-electron chi connectivity index (χ0n) is 20.9. The molecule has 2 saturated heterocycles. The van der Waals surface area contributed by atoms with E-state index in [-0.39, 0.29) is 18.6 Å². The van der Waals surface area contributed by atoms with E-state index in [1.165, 1.54) is 10.5 Å². The van der Waals surface area contributed by atoms with Crippen LogP contribution in [0.25, 0.3) is 0 Å². The van der Waals surface area contributed by atoms with Crippen LogP contribution in [-0.4, -0.2) is 58.2 Å². The summed E-state index contributed by atoms with van der Waals surface area (Å²) in [4.78, 5) is 40.9. The molecule has 2 aliphatic rings. The Morgan fingerprint density at radius 2 is 1.88 bits per heavy atom. The third-order valence-corrected chi connectivity index (χ3v) is 7.32. The molecule has 2 aliphatic heterocycles. The third-order valence-electron chi connectivity index (χ3n) is 7.32. The quantitative estimate of drug-likeness (QED) is 0.480. The van der Waals surface area contributed by atoms with Gasteiger partial charge in [0.1, 0.15) is 12.1 Å². The fourth-order valence-electron chi connectivity index (χ4n) is 5.05. The van der Waals surface area contributed by atoms with Crippen molar-refractivity contribution in [3.63, 3.8) is 0 Å². The molecule has 1 N–H and O–H groups in total. The lowest BCUT2D eigenvalue weighted by molar-refractivity contribution is -0.227. The molecule has 2 unspecified atom stereocenters. The first kappa shape index (κ1) is 26.4. The van der Waals surface area contributed by atoms with Gasteiger partial charge in [-0.05, 0) is 70.3 Å². The first-order valence-corrected chi connectivity index (χ1v) is 12.7. The maximum atomic E-state index is 13.5. The first-order valence-electron chi connectivity index (χ1n) is 12.7. The van der Waals surface area contributed by atoms with Crippen LogP contribution in [0.4, 0.5) is 0 Å². The third kappa shape index (κ3) is 5.87. The number of esters is 1. The molecule has 2 heterocycles. The molecule has 188 valence electrons. The van der Waals surface area contributed by atoms with Crippen molar-refractivity contribution in [3.05, 3.63) is 35.9 Å². The van der Waals surface area contributed by atoms with Crippen molar-refractivity contribution in [2.24, 2.45) is 11.8 Å². The van der Waals surface area contributed by atoms with Crippen LogP contribution in [-0.2, 0) is 30.3 Å². The van der Waals surface area contributed by atoms with Crippen LogP contribution in [0.5, 0.6) is 0 Å². The molecule has 6 atom stereocenters. The van der Waals surface area contributed by atoms with Gasteiger partial charge in [-0.1, -0.05) is 44.2 Å². The van der Waals surface area contributed by atoms with E-state index in [4.69, 9.17) is 9.47 Å².